The summed E-state index contributed by atoms with van der Waals surface area (Å²) in [4.78, 5) is 20.8. The Balaban J connectivity index is 1.15. The second-order valence-corrected chi connectivity index (χ2v) is 9.41. The lowest BCUT2D eigenvalue weighted by Gasteiger charge is -2.36. The summed E-state index contributed by atoms with van der Waals surface area (Å²) in [6, 6.07) is 18.3. The quantitative estimate of drug-likeness (QED) is 0.584. The molecule has 5 rings (SSSR count). The maximum Gasteiger partial charge on any atom is 0.321 e. The molecular weight excluding hydrogens is 428 g/mol. The number of halogens is 1. The van der Waals surface area contributed by atoms with Crippen LogP contribution >= 0.6 is 22.9 Å². The van der Waals surface area contributed by atoms with Gasteiger partial charge >= 0.3 is 6.03 Å². The fourth-order valence-electron chi connectivity index (χ4n) is 4.27. The lowest BCUT2D eigenvalue weighted by molar-refractivity contribution is 0.208. The second-order valence-electron chi connectivity index (χ2n) is 7.97. The van der Waals surface area contributed by atoms with Crippen LogP contribution in [0, 0.1) is 0 Å². The Morgan fingerprint density at radius 1 is 0.903 bits per heavy atom. The second kappa shape index (κ2) is 8.81. The minimum absolute atomic E-state index is 0.0422. The highest BCUT2D eigenvalue weighted by atomic mass is 35.5. The first-order valence-electron chi connectivity index (χ1n) is 10.6. The summed E-state index contributed by atoms with van der Waals surface area (Å²) in [6.07, 6.45) is 1.10. The zero-order valence-corrected chi connectivity index (χ0v) is 18.8. The molecule has 1 N–H and O–H groups in total. The van der Waals surface area contributed by atoms with Crippen LogP contribution in [0.3, 0.4) is 0 Å². The molecule has 3 aromatic rings. The summed E-state index contributed by atoms with van der Waals surface area (Å²) in [5.41, 5.74) is 4.57. The van der Waals surface area contributed by atoms with Crippen LogP contribution in [0.15, 0.2) is 60.0 Å². The first-order chi connectivity index (χ1) is 15.2. The fourth-order valence-corrected chi connectivity index (χ4v) is 5.34. The number of hydrogen-bond donors (Lipinski definition) is 1. The standard InChI is InChI=1S/C24H25ClN4OS/c25-19-2-1-3-22(16-19)27-11-13-28(14-12-27)24(30)26-20-4-6-21(7-5-20)29-10-8-23-18(17-29)9-15-31-23/h1-7,9,15-16H,8,10-14,17H2,(H,26,30). The van der Waals surface area contributed by atoms with Gasteiger partial charge in [0.2, 0.25) is 0 Å². The molecule has 0 atom stereocenters. The van der Waals surface area contributed by atoms with Crippen molar-refractivity contribution >= 4 is 46.0 Å². The Bertz CT molecular complexity index is 1060. The Hall–Kier alpha value is -2.70. The van der Waals surface area contributed by atoms with E-state index in [0.717, 1.165) is 49.0 Å². The first-order valence-corrected chi connectivity index (χ1v) is 11.9. The maximum absolute atomic E-state index is 12.7. The van der Waals surface area contributed by atoms with Crippen molar-refractivity contribution in [2.75, 3.05) is 47.8 Å². The Labute approximate surface area is 191 Å². The summed E-state index contributed by atoms with van der Waals surface area (Å²) < 4.78 is 0. The van der Waals surface area contributed by atoms with Crippen LogP contribution in [0.2, 0.25) is 5.02 Å². The van der Waals surface area contributed by atoms with Crippen molar-refractivity contribution in [3.8, 4) is 0 Å². The molecule has 0 saturated carbocycles. The number of nitrogens with zero attached hydrogens (tertiary/aromatic N) is 3. The normalized spacial score (nSPS) is 16.2. The summed E-state index contributed by atoms with van der Waals surface area (Å²) in [5, 5.41) is 5.97. The van der Waals surface area contributed by atoms with Crippen LogP contribution in [-0.2, 0) is 13.0 Å². The van der Waals surface area contributed by atoms with Crippen LogP contribution in [0.5, 0.6) is 0 Å². The molecule has 2 amide bonds. The van der Waals surface area contributed by atoms with Crippen LogP contribution in [0.1, 0.15) is 10.4 Å². The lowest BCUT2D eigenvalue weighted by atomic mass is 10.1. The highest BCUT2D eigenvalue weighted by molar-refractivity contribution is 7.10. The van der Waals surface area contributed by atoms with E-state index in [1.165, 1.54) is 16.1 Å². The predicted molar refractivity (Wildman–Crippen MR) is 130 cm³/mol. The molecule has 0 unspecified atom stereocenters. The number of anilines is 3. The van der Waals surface area contributed by atoms with Crippen molar-refractivity contribution in [3.63, 3.8) is 0 Å². The van der Waals surface area contributed by atoms with Gasteiger partial charge in [0.1, 0.15) is 0 Å². The van der Waals surface area contributed by atoms with Crippen molar-refractivity contribution in [2.45, 2.75) is 13.0 Å². The minimum atomic E-state index is -0.0422. The molecule has 0 bridgehead atoms. The smallest absolute Gasteiger partial charge is 0.321 e. The Kier molecular flexibility index (Phi) is 5.74. The van der Waals surface area contributed by atoms with Gasteiger partial charge in [-0.05, 0) is 65.9 Å². The van der Waals surface area contributed by atoms with Gasteiger partial charge in [0.15, 0.2) is 0 Å². The van der Waals surface area contributed by atoms with Gasteiger partial charge < -0.3 is 20.0 Å². The molecule has 7 heteroatoms. The highest BCUT2D eigenvalue weighted by Gasteiger charge is 2.22. The Morgan fingerprint density at radius 3 is 2.48 bits per heavy atom. The van der Waals surface area contributed by atoms with Crippen molar-refractivity contribution in [2.24, 2.45) is 0 Å². The summed E-state index contributed by atoms with van der Waals surface area (Å²) in [7, 11) is 0. The van der Waals surface area contributed by atoms with Crippen molar-refractivity contribution in [1.29, 1.82) is 0 Å². The molecule has 0 spiro atoms. The van der Waals surface area contributed by atoms with E-state index in [1.54, 1.807) is 0 Å². The third-order valence-electron chi connectivity index (χ3n) is 6.03. The van der Waals surface area contributed by atoms with Crippen LogP contribution in [-0.4, -0.2) is 43.7 Å². The number of rotatable bonds is 3. The van der Waals surface area contributed by atoms with E-state index in [9.17, 15) is 4.79 Å². The molecule has 2 aliphatic rings. The number of hydrogen-bond acceptors (Lipinski definition) is 4. The molecule has 160 valence electrons. The van der Waals surface area contributed by atoms with E-state index < -0.39 is 0 Å². The SMILES string of the molecule is O=C(Nc1ccc(N2CCc3sccc3C2)cc1)N1CCN(c2cccc(Cl)c2)CC1. The number of benzene rings is 2. The van der Waals surface area contributed by atoms with Gasteiger partial charge in [-0.3, -0.25) is 0 Å². The molecule has 3 heterocycles. The average Bonchev–Trinajstić information content (AvgIpc) is 3.28. The first kappa shape index (κ1) is 20.2. The van der Waals surface area contributed by atoms with Gasteiger partial charge in [-0.15, -0.1) is 11.3 Å². The van der Waals surface area contributed by atoms with Crippen LogP contribution < -0.4 is 15.1 Å². The average molecular weight is 453 g/mol. The van der Waals surface area contributed by atoms with Crippen molar-refractivity contribution in [1.82, 2.24) is 4.90 Å². The zero-order valence-electron chi connectivity index (χ0n) is 17.3. The number of thiophene rings is 1. The number of fused-ring (bicyclic) bond motifs is 1. The van der Waals surface area contributed by atoms with Gasteiger partial charge in [-0.25, -0.2) is 4.79 Å². The van der Waals surface area contributed by atoms with E-state index in [4.69, 9.17) is 11.6 Å². The Morgan fingerprint density at radius 2 is 1.71 bits per heavy atom. The van der Waals surface area contributed by atoms with Gasteiger partial charge in [-0.2, -0.15) is 0 Å². The highest BCUT2D eigenvalue weighted by Crippen LogP contribution is 2.28. The number of urea groups is 1. The summed E-state index contributed by atoms with van der Waals surface area (Å²) in [5.74, 6) is 0. The molecule has 1 fully saturated rings. The van der Waals surface area contributed by atoms with Crippen LogP contribution in [0.4, 0.5) is 21.9 Å². The number of carbonyl (C=O) groups is 1. The molecule has 0 radical (unpaired) electrons. The zero-order chi connectivity index (χ0) is 21.2. The number of piperazine rings is 1. The summed E-state index contributed by atoms with van der Waals surface area (Å²) in [6.45, 7) is 4.97. The molecular formula is C24H25ClN4OS. The summed E-state index contributed by atoms with van der Waals surface area (Å²) >= 11 is 7.96. The van der Waals surface area contributed by atoms with Gasteiger partial charge in [0.25, 0.3) is 0 Å². The van der Waals surface area contributed by atoms with E-state index in [-0.39, 0.29) is 6.03 Å². The van der Waals surface area contributed by atoms with E-state index in [2.05, 4.69) is 44.8 Å². The number of carbonyl (C=O) groups excluding carboxylic acids is 1. The van der Waals surface area contributed by atoms with Crippen LogP contribution in [0.25, 0.3) is 0 Å². The van der Waals surface area contributed by atoms with E-state index in [1.807, 2.05) is 46.6 Å². The molecule has 5 nitrogen and oxygen atoms in total. The molecule has 0 aliphatic carbocycles. The predicted octanol–water partition coefficient (Wildman–Crippen LogP) is 5.32. The number of amides is 2. The molecule has 31 heavy (non-hydrogen) atoms. The third-order valence-corrected chi connectivity index (χ3v) is 7.29. The largest absolute Gasteiger partial charge is 0.368 e. The molecule has 2 aromatic carbocycles. The van der Waals surface area contributed by atoms with Gasteiger partial charge in [-0.1, -0.05) is 17.7 Å². The monoisotopic (exact) mass is 452 g/mol. The molecule has 1 saturated heterocycles. The number of nitrogens with one attached hydrogen (secondary N) is 1. The van der Waals surface area contributed by atoms with Crippen molar-refractivity contribution < 1.29 is 4.79 Å². The minimum Gasteiger partial charge on any atom is -0.368 e. The van der Waals surface area contributed by atoms with E-state index >= 15 is 0 Å². The van der Waals surface area contributed by atoms with E-state index in [0.29, 0.717) is 13.1 Å². The lowest BCUT2D eigenvalue weighted by Crippen LogP contribution is -2.50. The van der Waals surface area contributed by atoms with Gasteiger partial charge in [0.05, 0.1) is 0 Å². The fraction of sp³-hybridized carbons (Fsp3) is 0.292. The molecule has 2 aliphatic heterocycles. The van der Waals surface area contributed by atoms with Crippen molar-refractivity contribution in [3.05, 3.63) is 75.4 Å². The van der Waals surface area contributed by atoms with Gasteiger partial charge in [0, 0.05) is 66.2 Å². The topological polar surface area (TPSA) is 38.8 Å². The maximum atomic E-state index is 12.7. The third kappa shape index (κ3) is 4.50. The molecule has 1 aromatic heterocycles.